The topological polar surface area (TPSA) is 59.5 Å². The number of hydroxylamine groups is 2. The number of Topliss-reactive ketones (excluding diaryl/α,β-unsaturated/α-hetero) is 1. The lowest BCUT2D eigenvalue weighted by molar-refractivity contribution is -0.206. The maximum Gasteiger partial charge on any atom is 0.330 e. The Kier molecular flexibility index (Phi) is 6.49. The van der Waals surface area contributed by atoms with Crippen LogP contribution in [0.1, 0.15) is 52.0 Å². The molecule has 1 aromatic heterocycles. The molecule has 0 unspecified atom stereocenters. The van der Waals surface area contributed by atoms with Crippen LogP contribution in [0, 0.1) is 11.3 Å². The molecule has 0 aliphatic carbocycles. The summed E-state index contributed by atoms with van der Waals surface area (Å²) in [6.45, 7) is 6.98. The van der Waals surface area contributed by atoms with Gasteiger partial charge in [0.25, 0.3) is 0 Å². The second-order valence-corrected chi connectivity index (χ2v) is 7.60. The van der Waals surface area contributed by atoms with Crippen LogP contribution in [0.2, 0.25) is 0 Å². The molecule has 1 fully saturated rings. The number of rotatable bonds is 6. The summed E-state index contributed by atoms with van der Waals surface area (Å²) in [5, 5.41) is 1.74. The van der Waals surface area contributed by atoms with E-state index in [0.717, 1.165) is 24.8 Å². The molecule has 2 rings (SSSR count). The highest BCUT2D eigenvalue weighted by atomic mass is 16.7. The molecule has 2 heterocycles. The van der Waals surface area contributed by atoms with Gasteiger partial charge in [0.15, 0.2) is 0 Å². The quantitative estimate of drug-likeness (QED) is 0.801. The molecule has 0 N–H and O–H groups in total. The monoisotopic (exact) mass is 332 g/mol. The Balaban J connectivity index is 1.67. The highest BCUT2D eigenvalue weighted by Crippen LogP contribution is 2.24. The summed E-state index contributed by atoms with van der Waals surface area (Å²) in [4.78, 5) is 33.5. The third kappa shape index (κ3) is 6.04. The third-order valence-corrected chi connectivity index (χ3v) is 4.36. The number of hydrogen-bond donors (Lipinski definition) is 0. The lowest BCUT2D eigenvalue weighted by Gasteiger charge is -2.31. The molecular weight excluding hydrogens is 304 g/mol. The highest BCUT2D eigenvalue weighted by Gasteiger charge is 2.28. The van der Waals surface area contributed by atoms with Gasteiger partial charge in [-0.1, -0.05) is 0 Å². The summed E-state index contributed by atoms with van der Waals surface area (Å²) in [6.07, 6.45) is 7.32. The van der Waals surface area contributed by atoms with Crippen LogP contribution in [-0.4, -0.2) is 34.9 Å². The first-order valence-electron chi connectivity index (χ1n) is 8.72. The maximum atomic E-state index is 12.2. The van der Waals surface area contributed by atoms with E-state index in [1.807, 2.05) is 32.9 Å². The van der Waals surface area contributed by atoms with Crippen LogP contribution in [0.15, 0.2) is 24.5 Å². The lowest BCUT2D eigenvalue weighted by Crippen LogP contribution is -2.39. The van der Waals surface area contributed by atoms with Crippen LogP contribution in [-0.2, 0) is 20.8 Å². The third-order valence-electron chi connectivity index (χ3n) is 4.36. The van der Waals surface area contributed by atoms with Gasteiger partial charge < -0.3 is 4.84 Å². The van der Waals surface area contributed by atoms with E-state index in [-0.39, 0.29) is 5.97 Å². The highest BCUT2D eigenvalue weighted by molar-refractivity contribution is 5.78. The molecule has 0 radical (unpaired) electrons. The number of hydrogen-bond acceptors (Lipinski definition) is 5. The van der Waals surface area contributed by atoms with E-state index in [0.29, 0.717) is 37.6 Å². The van der Waals surface area contributed by atoms with Crippen LogP contribution in [0.4, 0.5) is 0 Å². The van der Waals surface area contributed by atoms with Crippen LogP contribution in [0.25, 0.3) is 0 Å². The van der Waals surface area contributed by atoms with Crippen LogP contribution in [0.3, 0.4) is 0 Å². The fourth-order valence-electron chi connectivity index (χ4n) is 2.72. The number of ketones is 1. The van der Waals surface area contributed by atoms with Gasteiger partial charge in [-0.2, -0.15) is 0 Å². The molecule has 5 heteroatoms. The minimum Gasteiger partial charge on any atom is -0.367 e. The van der Waals surface area contributed by atoms with Crippen molar-refractivity contribution >= 4 is 11.8 Å². The Morgan fingerprint density at radius 3 is 2.42 bits per heavy atom. The standard InChI is InChI=1S/C19H28N2O3/c1-19(2,3)18(23)24-21-12-8-16(9-13-21)14-17(22)5-4-15-6-10-20-11-7-15/h6-7,10-11,16H,4-5,8-9,12-14H2,1-3H3. The average molecular weight is 332 g/mol. The number of piperidine rings is 1. The van der Waals surface area contributed by atoms with E-state index in [4.69, 9.17) is 4.84 Å². The van der Waals surface area contributed by atoms with Crippen molar-refractivity contribution in [2.75, 3.05) is 13.1 Å². The summed E-state index contributed by atoms with van der Waals surface area (Å²) in [6, 6.07) is 3.91. The minimum atomic E-state index is -0.486. The average Bonchev–Trinajstić information content (AvgIpc) is 2.55. The van der Waals surface area contributed by atoms with Crippen molar-refractivity contribution in [1.82, 2.24) is 10.0 Å². The Hall–Kier alpha value is -1.75. The maximum absolute atomic E-state index is 12.2. The zero-order valence-electron chi connectivity index (χ0n) is 15.0. The number of aryl methyl sites for hydroxylation is 1. The zero-order valence-corrected chi connectivity index (χ0v) is 15.0. The summed E-state index contributed by atoms with van der Waals surface area (Å²) in [7, 11) is 0. The second kappa shape index (κ2) is 8.38. The van der Waals surface area contributed by atoms with Crippen molar-refractivity contribution in [2.45, 2.75) is 52.9 Å². The van der Waals surface area contributed by atoms with Crippen molar-refractivity contribution in [1.29, 1.82) is 0 Å². The van der Waals surface area contributed by atoms with Gasteiger partial charge in [0.1, 0.15) is 5.78 Å². The van der Waals surface area contributed by atoms with Gasteiger partial charge in [-0.15, -0.1) is 5.06 Å². The normalized spacial score (nSPS) is 16.8. The number of nitrogens with zero attached hydrogens (tertiary/aromatic N) is 2. The molecule has 1 aliphatic heterocycles. The molecule has 0 amide bonds. The van der Waals surface area contributed by atoms with E-state index in [1.54, 1.807) is 17.5 Å². The molecule has 0 aromatic carbocycles. The Labute approximate surface area is 144 Å². The van der Waals surface area contributed by atoms with Gasteiger partial charge in [0.05, 0.1) is 5.41 Å². The Bertz CT molecular complexity index is 543. The molecule has 0 saturated carbocycles. The van der Waals surface area contributed by atoms with E-state index in [2.05, 4.69) is 4.98 Å². The molecule has 1 aromatic rings. The molecule has 24 heavy (non-hydrogen) atoms. The van der Waals surface area contributed by atoms with Crippen LogP contribution in [0.5, 0.6) is 0 Å². The minimum absolute atomic E-state index is 0.200. The van der Waals surface area contributed by atoms with E-state index < -0.39 is 5.41 Å². The van der Waals surface area contributed by atoms with Gasteiger partial charge in [0.2, 0.25) is 0 Å². The molecular formula is C19H28N2O3. The van der Waals surface area contributed by atoms with Crippen molar-refractivity contribution in [3.05, 3.63) is 30.1 Å². The molecule has 0 spiro atoms. The van der Waals surface area contributed by atoms with E-state index in [1.165, 1.54) is 0 Å². The molecule has 132 valence electrons. The second-order valence-electron chi connectivity index (χ2n) is 7.60. The smallest absolute Gasteiger partial charge is 0.330 e. The lowest BCUT2D eigenvalue weighted by atomic mass is 9.91. The molecule has 1 aliphatic rings. The fourth-order valence-corrected chi connectivity index (χ4v) is 2.72. The zero-order chi connectivity index (χ0) is 17.6. The van der Waals surface area contributed by atoms with Crippen molar-refractivity contribution in [3.63, 3.8) is 0 Å². The van der Waals surface area contributed by atoms with Gasteiger partial charge in [-0.05, 0) is 63.6 Å². The first-order chi connectivity index (χ1) is 11.3. The first-order valence-corrected chi connectivity index (χ1v) is 8.72. The van der Waals surface area contributed by atoms with E-state index in [9.17, 15) is 9.59 Å². The first kappa shape index (κ1) is 18.6. The molecule has 0 bridgehead atoms. The summed E-state index contributed by atoms with van der Waals surface area (Å²) < 4.78 is 0. The summed E-state index contributed by atoms with van der Waals surface area (Å²) in [5.41, 5.74) is 0.669. The van der Waals surface area contributed by atoms with Gasteiger partial charge in [-0.3, -0.25) is 9.78 Å². The fraction of sp³-hybridized carbons (Fsp3) is 0.632. The van der Waals surface area contributed by atoms with Crippen molar-refractivity contribution in [2.24, 2.45) is 11.3 Å². The van der Waals surface area contributed by atoms with Gasteiger partial charge in [0, 0.05) is 38.3 Å². The summed E-state index contributed by atoms with van der Waals surface area (Å²) >= 11 is 0. The van der Waals surface area contributed by atoms with Crippen molar-refractivity contribution in [3.8, 4) is 0 Å². The molecule has 0 atom stereocenters. The Morgan fingerprint density at radius 2 is 1.83 bits per heavy atom. The van der Waals surface area contributed by atoms with Crippen LogP contribution >= 0.6 is 0 Å². The number of pyridine rings is 1. The largest absolute Gasteiger partial charge is 0.367 e. The summed E-state index contributed by atoms with van der Waals surface area (Å²) in [5.74, 6) is 0.519. The SMILES string of the molecule is CC(C)(C)C(=O)ON1CCC(CC(=O)CCc2ccncc2)CC1. The van der Waals surface area contributed by atoms with Crippen molar-refractivity contribution < 1.29 is 14.4 Å². The van der Waals surface area contributed by atoms with Gasteiger partial charge >= 0.3 is 5.97 Å². The Morgan fingerprint density at radius 1 is 1.21 bits per heavy atom. The molecule has 5 nitrogen and oxygen atoms in total. The number of carbonyl (C=O) groups is 2. The number of carbonyl (C=O) groups excluding carboxylic acids is 2. The number of aromatic nitrogens is 1. The molecule has 1 saturated heterocycles. The van der Waals surface area contributed by atoms with Gasteiger partial charge in [-0.25, -0.2) is 4.79 Å². The van der Waals surface area contributed by atoms with Crippen LogP contribution < -0.4 is 0 Å². The predicted octanol–water partition coefficient (Wildman–Crippen LogP) is 3.19. The van der Waals surface area contributed by atoms with E-state index >= 15 is 0 Å². The predicted molar refractivity (Wildman–Crippen MR) is 92.0 cm³/mol.